The number of benzene rings is 1. The Morgan fingerprint density at radius 2 is 1.77 bits per heavy atom. The number of H-pyrrole nitrogens is 1. The predicted molar refractivity (Wildman–Crippen MR) is 87.4 cm³/mol. The van der Waals surface area contributed by atoms with Gasteiger partial charge in [-0.15, -0.1) is 0 Å². The lowest BCUT2D eigenvalue weighted by molar-refractivity contribution is -0.133. The number of amides is 1. The standard InChI is InChI=1S/C18H23N3O/c22-18(9-8-17-7-4-10-19-17)21-13-11-20(12-14-21)15-16-5-2-1-3-6-16/h1-7,10,19H,8-9,11-15H2. The van der Waals surface area contributed by atoms with Gasteiger partial charge in [0.2, 0.25) is 5.91 Å². The van der Waals surface area contributed by atoms with E-state index in [1.165, 1.54) is 5.56 Å². The molecule has 1 aromatic heterocycles. The minimum atomic E-state index is 0.272. The number of hydrogen-bond acceptors (Lipinski definition) is 2. The number of aromatic nitrogens is 1. The highest BCUT2D eigenvalue weighted by atomic mass is 16.2. The summed E-state index contributed by atoms with van der Waals surface area (Å²) in [5, 5.41) is 0. The van der Waals surface area contributed by atoms with Crippen LogP contribution in [0.2, 0.25) is 0 Å². The van der Waals surface area contributed by atoms with E-state index < -0.39 is 0 Å². The van der Waals surface area contributed by atoms with Gasteiger partial charge in [-0.2, -0.15) is 0 Å². The van der Waals surface area contributed by atoms with E-state index in [1.807, 2.05) is 29.3 Å². The number of nitrogens with one attached hydrogen (secondary N) is 1. The summed E-state index contributed by atoms with van der Waals surface area (Å²) in [7, 11) is 0. The van der Waals surface area contributed by atoms with Gasteiger partial charge in [0.1, 0.15) is 0 Å². The van der Waals surface area contributed by atoms with Gasteiger partial charge in [0.15, 0.2) is 0 Å². The highest BCUT2D eigenvalue weighted by Crippen LogP contribution is 2.10. The summed E-state index contributed by atoms with van der Waals surface area (Å²) in [6.45, 7) is 4.59. The number of hydrogen-bond donors (Lipinski definition) is 1. The first-order chi connectivity index (χ1) is 10.8. The molecule has 1 fully saturated rings. The second kappa shape index (κ2) is 7.27. The summed E-state index contributed by atoms with van der Waals surface area (Å²) in [5.41, 5.74) is 2.48. The molecule has 0 radical (unpaired) electrons. The van der Waals surface area contributed by atoms with Crippen molar-refractivity contribution < 1.29 is 4.79 Å². The third-order valence-corrected chi connectivity index (χ3v) is 4.24. The lowest BCUT2D eigenvalue weighted by atomic mass is 10.2. The highest BCUT2D eigenvalue weighted by Gasteiger charge is 2.20. The molecule has 116 valence electrons. The molecule has 0 bridgehead atoms. The molecular formula is C18H23N3O. The van der Waals surface area contributed by atoms with Gasteiger partial charge in [-0.05, 0) is 24.1 Å². The van der Waals surface area contributed by atoms with Crippen LogP contribution in [0.3, 0.4) is 0 Å². The van der Waals surface area contributed by atoms with Crippen LogP contribution >= 0.6 is 0 Å². The zero-order valence-electron chi connectivity index (χ0n) is 12.9. The molecule has 1 N–H and O–H groups in total. The van der Waals surface area contributed by atoms with Crippen LogP contribution in [0, 0.1) is 0 Å². The maximum Gasteiger partial charge on any atom is 0.223 e. The zero-order valence-corrected chi connectivity index (χ0v) is 12.9. The summed E-state index contributed by atoms with van der Waals surface area (Å²) >= 11 is 0. The Bertz CT molecular complexity index is 572. The third kappa shape index (κ3) is 3.98. The number of carbonyl (C=O) groups is 1. The first-order valence-electron chi connectivity index (χ1n) is 7.97. The van der Waals surface area contributed by atoms with E-state index in [9.17, 15) is 4.79 Å². The van der Waals surface area contributed by atoms with Crippen LogP contribution < -0.4 is 0 Å². The molecular weight excluding hydrogens is 274 g/mol. The quantitative estimate of drug-likeness (QED) is 0.920. The summed E-state index contributed by atoms with van der Waals surface area (Å²) in [4.78, 5) is 19.8. The number of piperazine rings is 1. The number of aromatic amines is 1. The molecule has 0 saturated carbocycles. The Morgan fingerprint density at radius 1 is 1.00 bits per heavy atom. The summed E-state index contributed by atoms with van der Waals surface area (Å²) in [6, 6.07) is 14.5. The first-order valence-corrected chi connectivity index (χ1v) is 7.97. The van der Waals surface area contributed by atoms with Crippen LogP contribution in [0.5, 0.6) is 0 Å². The Labute approximate surface area is 131 Å². The van der Waals surface area contributed by atoms with Crippen LogP contribution in [0.4, 0.5) is 0 Å². The van der Waals surface area contributed by atoms with Gasteiger partial charge in [-0.25, -0.2) is 0 Å². The van der Waals surface area contributed by atoms with Crippen molar-refractivity contribution in [2.45, 2.75) is 19.4 Å². The second-order valence-electron chi connectivity index (χ2n) is 5.84. The third-order valence-electron chi connectivity index (χ3n) is 4.24. The molecule has 1 amide bonds. The van der Waals surface area contributed by atoms with Crippen LogP contribution in [-0.2, 0) is 17.8 Å². The molecule has 1 saturated heterocycles. The Hall–Kier alpha value is -2.07. The van der Waals surface area contributed by atoms with Crippen molar-refractivity contribution in [3.63, 3.8) is 0 Å². The van der Waals surface area contributed by atoms with Crippen LogP contribution in [-0.4, -0.2) is 46.9 Å². The van der Waals surface area contributed by atoms with Gasteiger partial charge in [-0.1, -0.05) is 30.3 Å². The molecule has 0 unspecified atom stereocenters. The molecule has 0 spiro atoms. The maximum absolute atomic E-state index is 12.3. The largest absolute Gasteiger partial charge is 0.365 e. The van der Waals surface area contributed by atoms with Crippen molar-refractivity contribution in [2.75, 3.05) is 26.2 Å². The molecule has 2 aromatic rings. The summed E-state index contributed by atoms with van der Waals surface area (Å²) in [6.07, 6.45) is 3.30. The van der Waals surface area contributed by atoms with E-state index in [-0.39, 0.29) is 5.91 Å². The van der Waals surface area contributed by atoms with E-state index in [0.29, 0.717) is 6.42 Å². The molecule has 1 aliphatic rings. The van der Waals surface area contributed by atoms with Gasteiger partial charge in [0.05, 0.1) is 0 Å². The van der Waals surface area contributed by atoms with Crippen LogP contribution in [0.1, 0.15) is 17.7 Å². The van der Waals surface area contributed by atoms with Crippen molar-refractivity contribution in [2.24, 2.45) is 0 Å². The average Bonchev–Trinajstić information content (AvgIpc) is 3.08. The van der Waals surface area contributed by atoms with Crippen LogP contribution in [0.25, 0.3) is 0 Å². The molecule has 0 atom stereocenters. The van der Waals surface area contributed by atoms with Gasteiger partial charge in [0.25, 0.3) is 0 Å². The van der Waals surface area contributed by atoms with Crippen molar-refractivity contribution in [1.82, 2.24) is 14.8 Å². The molecule has 1 aromatic carbocycles. The van der Waals surface area contributed by atoms with E-state index in [2.05, 4.69) is 34.1 Å². The molecule has 2 heterocycles. The van der Waals surface area contributed by atoms with E-state index >= 15 is 0 Å². The monoisotopic (exact) mass is 297 g/mol. The maximum atomic E-state index is 12.3. The average molecular weight is 297 g/mol. The fourth-order valence-electron chi connectivity index (χ4n) is 2.92. The van der Waals surface area contributed by atoms with Crippen molar-refractivity contribution in [1.29, 1.82) is 0 Å². The minimum absolute atomic E-state index is 0.272. The Morgan fingerprint density at radius 3 is 2.45 bits per heavy atom. The number of nitrogens with zero attached hydrogens (tertiary/aromatic N) is 2. The molecule has 3 rings (SSSR count). The highest BCUT2D eigenvalue weighted by molar-refractivity contribution is 5.76. The SMILES string of the molecule is O=C(CCc1ccc[nH]1)N1CCN(Cc2ccccc2)CC1. The van der Waals surface area contributed by atoms with E-state index in [0.717, 1.165) is 44.8 Å². The van der Waals surface area contributed by atoms with Gasteiger partial charge in [-0.3, -0.25) is 9.69 Å². The lowest BCUT2D eigenvalue weighted by Crippen LogP contribution is -2.48. The zero-order chi connectivity index (χ0) is 15.2. The van der Waals surface area contributed by atoms with Gasteiger partial charge >= 0.3 is 0 Å². The minimum Gasteiger partial charge on any atom is -0.365 e. The topological polar surface area (TPSA) is 39.3 Å². The number of carbonyl (C=O) groups excluding carboxylic acids is 1. The molecule has 4 heteroatoms. The molecule has 1 aliphatic heterocycles. The van der Waals surface area contributed by atoms with Gasteiger partial charge < -0.3 is 9.88 Å². The molecule has 4 nitrogen and oxygen atoms in total. The molecule has 22 heavy (non-hydrogen) atoms. The number of aryl methyl sites for hydroxylation is 1. The van der Waals surface area contributed by atoms with Gasteiger partial charge in [0, 0.05) is 51.0 Å². The summed E-state index contributed by atoms with van der Waals surface area (Å²) < 4.78 is 0. The molecule has 0 aliphatic carbocycles. The predicted octanol–water partition coefficient (Wildman–Crippen LogP) is 2.29. The van der Waals surface area contributed by atoms with E-state index in [4.69, 9.17) is 0 Å². The van der Waals surface area contributed by atoms with Crippen LogP contribution in [0.15, 0.2) is 48.7 Å². The Kier molecular flexibility index (Phi) is 4.91. The van der Waals surface area contributed by atoms with Crippen molar-refractivity contribution in [3.05, 3.63) is 59.9 Å². The van der Waals surface area contributed by atoms with E-state index in [1.54, 1.807) is 0 Å². The number of rotatable bonds is 5. The lowest BCUT2D eigenvalue weighted by Gasteiger charge is -2.34. The van der Waals surface area contributed by atoms with Crippen molar-refractivity contribution in [3.8, 4) is 0 Å². The fraction of sp³-hybridized carbons (Fsp3) is 0.389. The fourth-order valence-corrected chi connectivity index (χ4v) is 2.92. The summed E-state index contributed by atoms with van der Waals surface area (Å²) in [5.74, 6) is 0.272. The normalized spacial score (nSPS) is 15.9. The smallest absolute Gasteiger partial charge is 0.223 e. The van der Waals surface area contributed by atoms with Crippen molar-refractivity contribution >= 4 is 5.91 Å². The second-order valence-corrected chi connectivity index (χ2v) is 5.84. The first kappa shape index (κ1) is 14.9. The Balaban J connectivity index is 1.42.